The lowest BCUT2D eigenvalue weighted by atomic mass is 10.1. The molecule has 2 N–H and O–H groups in total. The number of carbonyl (C=O) groups is 1. The van der Waals surface area contributed by atoms with Gasteiger partial charge < -0.3 is 15.4 Å². The molecule has 7 nitrogen and oxygen atoms in total. The number of hydrogen-bond donors (Lipinski definition) is 2. The fourth-order valence-electron chi connectivity index (χ4n) is 4.57. The van der Waals surface area contributed by atoms with Gasteiger partial charge in [-0.2, -0.15) is 0 Å². The molecule has 1 saturated heterocycles. The van der Waals surface area contributed by atoms with Crippen LogP contribution < -0.4 is 10.6 Å². The second-order valence-electron chi connectivity index (χ2n) is 9.46. The van der Waals surface area contributed by atoms with Gasteiger partial charge in [0, 0.05) is 42.0 Å². The summed E-state index contributed by atoms with van der Waals surface area (Å²) in [5, 5.41) is 7.48. The number of carbonyl (C=O) groups excluding carboxylic acids is 1. The molecule has 37 heavy (non-hydrogen) atoms. The summed E-state index contributed by atoms with van der Waals surface area (Å²) in [6, 6.07) is 21.7. The second kappa shape index (κ2) is 11.5. The fourth-order valence-corrected chi connectivity index (χ4v) is 4.57. The Balaban J connectivity index is 1.27. The molecule has 1 amide bonds. The van der Waals surface area contributed by atoms with Crippen molar-refractivity contribution in [3.8, 4) is 0 Å². The van der Waals surface area contributed by atoms with Crippen molar-refractivity contribution in [2.75, 3.05) is 36.9 Å². The second-order valence-corrected chi connectivity index (χ2v) is 9.46. The Labute approximate surface area is 217 Å². The Morgan fingerprint density at radius 1 is 1.00 bits per heavy atom. The third-order valence-electron chi connectivity index (χ3n) is 6.63. The summed E-state index contributed by atoms with van der Waals surface area (Å²) < 4.78 is 5.45. The molecular formula is C30H33N5O2. The maximum absolute atomic E-state index is 13.0. The number of nitrogens with zero attached hydrogens (tertiary/aromatic N) is 3. The zero-order valence-corrected chi connectivity index (χ0v) is 21.5. The Kier molecular flexibility index (Phi) is 7.73. The number of rotatable bonds is 8. The number of morpholine rings is 1. The summed E-state index contributed by atoms with van der Waals surface area (Å²) in [5.74, 6) is 0.428. The molecule has 3 aromatic carbocycles. The van der Waals surface area contributed by atoms with Gasteiger partial charge >= 0.3 is 0 Å². The number of aromatic nitrogens is 2. The first kappa shape index (κ1) is 24.9. The molecule has 190 valence electrons. The van der Waals surface area contributed by atoms with Crippen LogP contribution in [0.5, 0.6) is 0 Å². The van der Waals surface area contributed by atoms with Crippen molar-refractivity contribution in [1.29, 1.82) is 0 Å². The van der Waals surface area contributed by atoms with Crippen LogP contribution in [-0.2, 0) is 17.7 Å². The van der Waals surface area contributed by atoms with Crippen LogP contribution in [0.15, 0.2) is 66.7 Å². The third kappa shape index (κ3) is 6.13. The predicted octanol–water partition coefficient (Wildman–Crippen LogP) is 5.72. The van der Waals surface area contributed by atoms with E-state index >= 15 is 0 Å². The van der Waals surface area contributed by atoms with E-state index in [1.807, 2.05) is 49.4 Å². The van der Waals surface area contributed by atoms with E-state index < -0.39 is 0 Å². The first-order valence-electron chi connectivity index (χ1n) is 12.9. The minimum atomic E-state index is -0.134. The zero-order chi connectivity index (χ0) is 25.6. The molecule has 0 bridgehead atoms. The molecule has 7 heteroatoms. The van der Waals surface area contributed by atoms with Gasteiger partial charge in [-0.25, -0.2) is 9.97 Å². The largest absolute Gasteiger partial charge is 0.379 e. The first-order chi connectivity index (χ1) is 18.1. The number of aryl methyl sites for hydroxylation is 2. The molecule has 0 spiro atoms. The van der Waals surface area contributed by atoms with E-state index in [9.17, 15) is 4.79 Å². The quantitative estimate of drug-likeness (QED) is 0.326. The third-order valence-corrected chi connectivity index (χ3v) is 6.63. The van der Waals surface area contributed by atoms with E-state index in [4.69, 9.17) is 9.72 Å². The standard InChI is InChI=1S/C30H33N5O2/c1-3-6-26-25-7-4-5-8-27(25)34-30(33-26)31-24-13-11-23(12-14-24)29(36)32-28-19-22(10-9-21(28)2)20-35-15-17-37-18-16-35/h4-5,7-14,19H,3,6,15-18,20H2,1-2H3,(H,32,36)(H,31,33,34). The number of nitrogens with one attached hydrogen (secondary N) is 2. The average molecular weight is 496 g/mol. The number of hydrogen-bond acceptors (Lipinski definition) is 6. The molecule has 1 aliphatic heterocycles. The molecule has 0 radical (unpaired) electrons. The number of benzene rings is 3. The van der Waals surface area contributed by atoms with Gasteiger partial charge in [0.25, 0.3) is 5.91 Å². The Bertz CT molecular complexity index is 1380. The summed E-state index contributed by atoms with van der Waals surface area (Å²) in [5.41, 5.74) is 6.44. The van der Waals surface area contributed by atoms with E-state index in [0.717, 1.165) is 79.2 Å². The molecular weight excluding hydrogens is 462 g/mol. The highest BCUT2D eigenvalue weighted by Gasteiger charge is 2.13. The highest BCUT2D eigenvalue weighted by molar-refractivity contribution is 6.04. The van der Waals surface area contributed by atoms with Gasteiger partial charge in [0.1, 0.15) is 0 Å². The molecule has 0 unspecified atom stereocenters. The molecule has 4 aromatic rings. The lowest BCUT2D eigenvalue weighted by molar-refractivity contribution is 0.0342. The van der Waals surface area contributed by atoms with Crippen LogP contribution in [0, 0.1) is 6.92 Å². The summed E-state index contributed by atoms with van der Waals surface area (Å²) in [4.78, 5) is 24.8. The predicted molar refractivity (Wildman–Crippen MR) is 148 cm³/mol. The summed E-state index contributed by atoms with van der Waals surface area (Å²) in [6.45, 7) is 8.41. The minimum absolute atomic E-state index is 0.134. The number of anilines is 3. The summed E-state index contributed by atoms with van der Waals surface area (Å²) in [7, 11) is 0. The molecule has 5 rings (SSSR count). The van der Waals surface area contributed by atoms with Crippen molar-refractivity contribution < 1.29 is 9.53 Å². The van der Waals surface area contributed by atoms with E-state index in [0.29, 0.717) is 11.5 Å². The SMILES string of the molecule is CCCc1nc(Nc2ccc(C(=O)Nc3cc(CN4CCOCC4)ccc3C)cc2)nc2ccccc12. The molecule has 2 heterocycles. The maximum Gasteiger partial charge on any atom is 0.255 e. The van der Waals surface area contributed by atoms with Crippen LogP contribution in [0.1, 0.15) is 40.5 Å². The Morgan fingerprint density at radius 3 is 2.57 bits per heavy atom. The van der Waals surface area contributed by atoms with Crippen molar-refractivity contribution in [3.05, 3.63) is 89.1 Å². The zero-order valence-electron chi connectivity index (χ0n) is 21.5. The Morgan fingerprint density at radius 2 is 1.78 bits per heavy atom. The van der Waals surface area contributed by atoms with Crippen LogP contribution in [-0.4, -0.2) is 47.1 Å². The number of amides is 1. The fraction of sp³-hybridized carbons (Fsp3) is 0.300. The van der Waals surface area contributed by atoms with Gasteiger partial charge in [0.15, 0.2) is 0 Å². The van der Waals surface area contributed by atoms with E-state index in [1.165, 1.54) is 5.56 Å². The van der Waals surface area contributed by atoms with Crippen LogP contribution >= 0.6 is 0 Å². The number of fused-ring (bicyclic) bond motifs is 1. The van der Waals surface area contributed by atoms with E-state index in [1.54, 1.807) is 0 Å². The topological polar surface area (TPSA) is 79.4 Å². The monoisotopic (exact) mass is 495 g/mol. The van der Waals surface area contributed by atoms with Crippen LogP contribution in [0.3, 0.4) is 0 Å². The molecule has 1 aromatic heterocycles. The summed E-state index contributed by atoms with van der Waals surface area (Å²) in [6.07, 6.45) is 1.91. The van der Waals surface area contributed by atoms with Crippen molar-refractivity contribution in [1.82, 2.24) is 14.9 Å². The normalized spacial score (nSPS) is 14.0. The van der Waals surface area contributed by atoms with E-state index in [-0.39, 0.29) is 5.91 Å². The van der Waals surface area contributed by atoms with Crippen LogP contribution in [0.4, 0.5) is 17.3 Å². The van der Waals surface area contributed by atoms with Crippen LogP contribution in [0.25, 0.3) is 10.9 Å². The van der Waals surface area contributed by atoms with Crippen molar-refractivity contribution in [3.63, 3.8) is 0 Å². The lowest BCUT2D eigenvalue weighted by Crippen LogP contribution is -2.35. The summed E-state index contributed by atoms with van der Waals surface area (Å²) >= 11 is 0. The van der Waals surface area contributed by atoms with Gasteiger partial charge in [-0.3, -0.25) is 9.69 Å². The minimum Gasteiger partial charge on any atom is -0.379 e. The molecule has 0 saturated carbocycles. The lowest BCUT2D eigenvalue weighted by Gasteiger charge is -2.26. The highest BCUT2D eigenvalue weighted by atomic mass is 16.5. The molecule has 1 aliphatic rings. The first-order valence-corrected chi connectivity index (χ1v) is 12.9. The van der Waals surface area contributed by atoms with Crippen molar-refractivity contribution in [2.24, 2.45) is 0 Å². The molecule has 0 atom stereocenters. The smallest absolute Gasteiger partial charge is 0.255 e. The van der Waals surface area contributed by atoms with E-state index in [2.05, 4.69) is 51.7 Å². The number of ether oxygens (including phenoxy) is 1. The van der Waals surface area contributed by atoms with Crippen molar-refractivity contribution >= 4 is 34.1 Å². The van der Waals surface area contributed by atoms with Gasteiger partial charge in [0.2, 0.25) is 5.95 Å². The van der Waals surface area contributed by atoms with Gasteiger partial charge in [-0.1, -0.05) is 43.7 Å². The Hall–Kier alpha value is -3.81. The molecule has 0 aliphatic carbocycles. The van der Waals surface area contributed by atoms with Gasteiger partial charge in [-0.15, -0.1) is 0 Å². The highest BCUT2D eigenvalue weighted by Crippen LogP contribution is 2.23. The van der Waals surface area contributed by atoms with Crippen LogP contribution in [0.2, 0.25) is 0 Å². The number of para-hydroxylation sites is 1. The van der Waals surface area contributed by atoms with Gasteiger partial charge in [-0.05, 0) is 60.9 Å². The van der Waals surface area contributed by atoms with Crippen molar-refractivity contribution in [2.45, 2.75) is 33.2 Å². The average Bonchev–Trinajstić information content (AvgIpc) is 2.92. The molecule has 1 fully saturated rings. The van der Waals surface area contributed by atoms with Gasteiger partial charge in [0.05, 0.1) is 24.4 Å². The maximum atomic E-state index is 13.0.